The van der Waals surface area contributed by atoms with E-state index in [9.17, 15) is 9.18 Å². The van der Waals surface area contributed by atoms with Gasteiger partial charge >= 0.3 is 0 Å². The third-order valence-electron chi connectivity index (χ3n) is 2.58. The van der Waals surface area contributed by atoms with E-state index < -0.39 is 5.82 Å². The van der Waals surface area contributed by atoms with E-state index >= 15 is 0 Å². The lowest BCUT2D eigenvalue weighted by molar-refractivity contribution is 0.0947. The molecule has 1 aromatic rings. The first kappa shape index (κ1) is 14.4. The van der Waals surface area contributed by atoms with Gasteiger partial charge in [-0.15, -0.1) is 0 Å². The standard InChI is InChI=1S/C13H19FN2O2/c1-9(7-15-2)8-16-13(17)10-4-5-12(18-3)11(14)6-10/h4-6,9,15H,7-8H2,1-3H3,(H,16,17). The molecule has 1 aromatic carbocycles. The van der Waals surface area contributed by atoms with Crippen molar-refractivity contribution in [3.05, 3.63) is 29.6 Å². The summed E-state index contributed by atoms with van der Waals surface area (Å²) < 4.78 is 18.2. The zero-order chi connectivity index (χ0) is 13.5. The van der Waals surface area contributed by atoms with Crippen LogP contribution in [0.3, 0.4) is 0 Å². The van der Waals surface area contributed by atoms with Crippen LogP contribution in [-0.2, 0) is 0 Å². The van der Waals surface area contributed by atoms with E-state index in [2.05, 4.69) is 10.6 Å². The molecule has 5 heteroatoms. The summed E-state index contributed by atoms with van der Waals surface area (Å²) in [5.41, 5.74) is 0.296. The first-order valence-electron chi connectivity index (χ1n) is 5.84. The number of carbonyl (C=O) groups is 1. The quantitative estimate of drug-likeness (QED) is 0.807. The van der Waals surface area contributed by atoms with Crippen molar-refractivity contribution in [1.29, 1.82) is 0 Å². The minimum Gasteiger partial charge on any atom is -0.494 e. The highest BCUT2D eigenvalue weighted by Crippen LogP contribution is 2.17. The zero-order valence-electron chi connectivity index (χ0n) is 10.9. The van der Waals surface area contributed by atoms with E-state index in [1.54, 1.807) is 6.07 Å². The molecule has 0 radical (unpaired) electrons. The van der Waals surface area contributed by atoms with Gasteiger partial charge in [0.1, 0.15) is 0 Å². The fourth-order valence-corrected chi connectivity index (χ4v) is 1.60. The van der Waals surface area contributed by atoms with Crippen LogP contribution >= 0.6 is 0 Å². The van der Waals surface area contributed by atoms with Gasteiger partial charge in [0.25, 0.3) is 5.91 Å². The fourth-order valence-electron chi connectivity index (χ4n) is 1.60. The predicted molar refractivity (Wildman–Crippen MR) is 68.4 cm³/mol. The highest BCUT2D eigenvalue weighted by Gasteiger charge is 2.10. The van der Waals surface area contributed by atoms with Crippen LogP contribution in [0.25, 0.3) is 0 Å². The molecule has 18 heavy (non-hydrogen) atoms. The van der Waals surface area contributed by atoms with Gasteiger partial charge in [-0.1, -0.05) is 6.92 Å². The Balaban J connectivity index is 2.59. The molecule has 0 fully saturated rings. The van der Waals surface area contributed by atoms with Crippen LogP contribution in [0, 0.1) is 11.7 Å². The van der Waals surface area contributed by atoms with Crippen LogP contribution in [0.5, 0.6) is 5.75 Å². The summed E-state index contributed by atoms with van der Waals surface area (Å²) in [6.07, 6.45) is 0. The summed E-state index contributed by atoms with van der Waals surface area (Å²) >= 11 is 0. The Bertz CT molecular complexity index is 410. The van der Waals surface area contributed by atoms with Crippen LogP contribution < -0.4 is 15.4 Å². The Morgan fingerprint density at radius 1 is 1.44 bits per heavy atom. The number of benzene rings is 1. The number of halogens is 1. The van der Waals surface area contributed by atoms with Crippen LogP contribution in [0.15, 0.2) is 18.2 Å². The summed E-state index contributed by atoms with van der Waals surface area (Å²) in [6.45, 7) is 3.38. The maximum atomic E-state index is 13.4. The largest absolute Gasteiger partial charge is 0.494 e. The molecular formula is C13H19FN2O2. The zero-order valence-corrected chi connectivity index (χ0v) is 10.9. The van der Waals surface area contributed by atoms with Gasteiger partial charge in [0.05, 0.1) is 7.11 Å². The summed E-state index contributed by atoms with van der Waals surface area (Å²) in [5, 5.41) is 5.79. The van der Waals surface area contributed by atoms with E-state index in [4.69, 9.17) is 4.74 Å². The summed E-state index contributed by atoms with van der Waals surface area (Å²) in [7, 11) is 3.24. The lowest BCUT2D eigenvalue weighted by atomic mass is 10.1. The fraction of sp³-hybridized carbons (Fsp3) is 0.462. The molecule has 1 rings (SSSR count). The number of rotatable bonds is 6. The summed E-state index contributed by atoms with van der Waals surface area (Å²) in [4.78, 5) is 11.8. The number of hydrogen-bond donors (Lipinski definition) is 2. The second-order valence-electron chi connectivity index (χ2n) is 4.22. The molecule has 0 aliphatic heterocycles. The van der Waals surface area contributed by atoms with Crippen molar-refractivity contribution in [3.63, 3.8) is 0 Å². The second kappa shape index (κ2) is 6.96. The van der Waals surface area contributed by atoms with E-state index in [0.717, 1.165) is 6.54 Å². The van der Waals surface area contributed by atoms with E-state index in [1.807, 2.05) is 14.0 Å². The molecule has 0 heterocycles. The number of ether oxygens (including phenoxy) is 1. The molecule has 1 atom stereocenters. The minimum absolute atomic E-state index is 0.134. The lowest BCUT2D eigenvalue weighted by Crippen LogP contribution is -2.32. The second-order valence-corrected chi connectivity index (χ2v) is 4.22. The van der Waals surface area contributed by atoms with Crippen molar-refractivity contribution in [3.8, 4) is 5.75 Å². The Labute approximate surface area is 107 Å². The average molecular weight is 254 g/mol. The topological polar surface area (TPSA) is 50.4 Å². The first-order valence-corrected chi connectivity index (χ1v) is 5.84. The normalized spacial score (nSPS) is 12.0. The van der Waals surface area contributed by atoms with Crippen LogP contribution in [0.4, 0.5) is 4.39 Å². The number of hydrogen-bond acceptors (Lipinski definition) is 3. The molecule has 1 unspecified atom stereocenters. The van der Waals surface area contributed by atoms with Gasteiger partial charge in [-0.2, -0.15) is 0 Å². The Morgan fingerprint density at radius 3 is 2.72 bits per heavy atom. The molecule has 4 nitrogen and oxygen atoms in total. The molecule has 0 aliphatic rings. The van der Waals surface area contributed by atoms with Crippen molar-refractivity contribution >= 4 is 5.91 Å². The van der Waals surface area contributed by atoms with Gasteiger partial charge in [0.2, 0.25) is 0 Å². The number of methoxy groups -OCH3 is 1. The molecule has 100 valence electrons. The molecule has 0 bridgehead atoms. The Hall–Kier alpha value is -1.62. The smallest absolute Gasteiger partial charge is 0.251 e. The van der Waals surface area contributed by atoms with Gasteiger partial charge < -0.3 is 15.4 Å². The molecule has 0 spiro atoms. The van der Waals surface area contributed by atoms with Gasteiger partial charge in [0, 0.05) is 12.1 Å². The van der Waals surface area contributed by atoms with Crippen molar-refractivity contribution in [2.75, 3.05) is 27.2 Å². The molecule has 0 saturated carbocycles. The minimum atomic E-state index is -0.534. The summed E-state index contributed by atoms with van der Waals surface area (Å²) in [6, 6.07) is 4.16. The molecule has 0 aromatic heterocycles. The van der Waals surface area contributed by atoms with Crippen molar-refractivity contribution in [2.24, 2.45) is 5.92 Å². The lowest BCUT2D eigenvalue weighted by Gasteiger charge is -2.12. The van der Waals surface area contributed by atoms with Crippen molar-refractivity contribution in [2.45, 2.75) is 6.92 Å². The Kier molecular flexibility index (Phi) is 5.58. The van der Waals surface area contributed by atoms with E-state index in [-0.39, 0.29) is 11.7 Å². The van der Waals surface area contributed by atoms with Crippen LogP contribution in [0.1, 0.15) is 17.3 Å². The molecule has 0 saturated heterocycles. The first-order chi connectivity index (χ1) is 8.58. The highest BCUT2D eigenvalue weighted by atomic mass is 19.1. The maximum absolute atomic E-state index is 13.4. The number of carbonyl (C=O) groups excluding carboxylic acids is 1. The van der Waals surface area contributed by atoms with Crippen molar-refractivity contribution in [1.82, 2.24) is 10.6 Å². The van der Waals surface area contributed by atoms with Gasteiger partial charge in [-0.05, 0) is 37.7 Å². The predicted octanol–water partition coefficient (Wildman–Crippen LogP) is 1.42. The average Bonchev–Trinajstić information content (AvgIpc) is 2.36. The van der Waals surface area contributed by atoms with Crippen LogP contribution in [-0.4, -0.2) is 33.2 Å². The summed E-state index contributed by atoms with van der Waals surface area (Å²) in [5.74, 6) is -0.356. The van der Waals surface area contributed by atoms with E-state index in [1.165, 1.54) is 19.2 Å². The van der Waals surface area contributed by atoms with Crippen molar-refractivity contribution < 1.29 is 13.9 Å². The molecule has 2 N–H and O–H groups in total. The third kappa shape index (κ3) is 4.00. The Morgan fingerprint density at radius 2 is 2.17 bits per heavy atom. The van der Waals surface area contributed by atoms with Gasteiger partial charge in [0.15, 0.2) is 11.6 Å². The highest BCUT2D eigenvalue weighted by molar-refractivity contribution is 5.94. The number of nitrogens with one attached hydrogen (secondary N) is 2. The monoisotopic (exact) mass is 254 g/mol. The SMILES string of the molecule is CNCC(C)CNC(=O)c1ccc(OC)c(F)c1. The van der Waals surface area contributed by atoms with E-state index in [0.29, 0.717) is 18.0 Å². The molecular weight excluding hydrogens is 235 g/mol. The van der Waals surface area contributed by atoms with Gasteiger partial charge in [-0.25, -0.2) is 4.39 Å². The van der Waals surface area contributed by atoms with Gasteiger partial charge in [-0.3, -0.25) is 4.79 Å². The number of amides is 1. The maximum Gasteiger partial charge on any atom is 0.251 e. The molecule has 0 aliphatic carbocycles. The molecule has 1 amide bonds. The van der Waals surface area contributed by atoms with Crippen LogP contribution in [0.2, 0.25) is 0 Å². The third-order valence-corrected chi connectivity index (χ3v) is 2.58.